The highest BCUT2D eigenvalue weighted by atomic mass is 16.4. The number of phenols is 1. The van der Waals surface area contributed by atoms with Gasteiger partial charge in [-0.3, -0.25) is 44.3 Å². The summed E-state index contributed by atoms with van der Waals surface area (Å²) in [6.45, 7) is 9.44. The van der Waals surface area contributed by atoms with Crippen molar-refractivity contribution < 1.29 is 59.1 Å². The maximum Gasteiger partial charge on any atom is 0.320 e. The van der Waals surface area contributed by atoms with Gasteiger partial charge in [-0.2, -0.15) is 0 Å². The van der Waals surface area contributed by atoms with Gasteiger partial charge in [-0.25, -0.2) is 0 Å². The third kappa shape index (κ3) is 19.4. The molecule has 1 rings (SSSR count). The van der Waals surface area contributed by atoms with Crippen molar-refractivity contribution in [3.05, 3.63) is 29.8 Å². The molecule has 22 heteroatoms. The third-order valence-corrected chi connectivity index (χ3v) is 9.17. The lowest BCUT2D eigenvalue weighted by molar-refractivity contribution is -0.140. The molecule has 9 atom stereocenters. The summed E-state index contributed by atoms with van der Waals surface area (Å²) in [7, 11) is 0. The highest BCUT2D eigenvalue weighted by Crippen LogP contribution is 2.14. The monoisotopic (exact) mass is 852 g/mol. The van der Waals surface area contributed by atoms with E-state index in [1.54, 1.807) is 27.7 Å². The van der Waals surface area contributed by atoms with Crippen molar-refractivity contribution in [3.8, 4) is 5.75 Å². The first-order valence-corrected chi connectivity index (χ1v) is 19.6. The van der Waals surface area contributed by atoms with Crippen molar-refractivity contribution in [2.75, 3.05) is 6.54 Å². The number of aliphatic carboxylic acids is 2. The first-order valence-electron chi connectivity index (χ1n) is 19.6. The van der Waals surface area contributed by atoms with Crippen molar-refractivity contribution in [3.63, 3.8) is 0 Å². The molecule has 338 valence electrons. The Morgan fingerprint density at radius 1 is 0.733 bits per heavy atom. The van der Waals surface area contributed by atoms with E-state index in [0.717, 1.165) is 0 Å². The molecule has 0 aliphatic heterocycles. The van der Waals surface area contributed by atoms with Crippen LogP contribution in [0.3, 0.4) is 0 Å². The molecule has 17 N–H and O–H groups in total. The van der Waals surface area contributed by atoms with Crippen LogP contribution in [0.25, 0.3) is 0 Å². The van der Waals surface area contributed by atoms with E-state index in [0.29, 0.717) is 12.0 Å². The number of carboxylic acids is 2. The van der Waals surface area contributed by atoms with Gasteiger partial charge < -0.3 is 68.9 Å². The van der Waals surface area contributed by atoms with E-state index < -0.39 is 115 Å². The molecule has 0 bridgehead atoms. The van der Waals surface area contributed by atoms with Crippen LogP contribution >= 0.6 is 0 Å². The van der Waals surface area contributed by atoms with Crippen LogP contribution in [-0.2, 0) is 40.0 Å². The van der Waals surface area contributed by atoms with Crippen molar-refractivity contribution in [2.45, 2.75) is 135 Å². The van der Waals surface area contributed by atoms with E-state index in [1.165, 1.54) is 38.1 Å². The number of aliphatic hydroxyl groups is 2. The molecule has 5 amide bonds. The van der Waals surface area contributed by atoms with E-state index in [9.17, 15) is 59.1 Å². The first-order chi connectivity index (χ1) is 27.9. The van der Waals surface area contributed by atoms with E-state index >= 15 is 0 Å². The Hall–Kier alpha value is -5.58. The number of hydrogen-bond acceptors (Lipinski definition) is 13. The van der Waals surface area contributed by atoms with Crippen LogP contribution in [0.4, 0.5) is 0 Å². The van der Waals surface area contributed by atoms with E-state index in [4.69, 9.17) is 16.9 Å². The van der Waals surface area contributed by atoms with Crippen LogP contribution in [0.2, 0.25) is 0 Å². The van der Waals surface area contributed by atoms with Gasteiger partial charge in [0.2, 0.25) is 29.5 Å². The number of carboxylic acid groups (broad SMARTS) is 2. The van der Waals surface area contributed by atoms with Crippen molar-refractivity contribution in [1.29, 1.82) is 5.41 Å². The van der Waals surface area contributed by atoms with Crippen LogP contribution in [0.1, 0.15) is 79.2 Å². The molecule has 22 nitrogen and oxygen atoms in total. The SMILES string of the molecule is CC(C)C[C@@H](NC(=O)[C@@H](CCC(=O)O)NC(=O)[C@H](NC(=O)[C@H](NC(=O)[C@@H](Cc1ccc(O)cc1)NC(=O)[C@H](N)CCCNC(=N)N)C(C)O)C(C)C)C(O)N[C@H](C)C(=O)O. The Labute approximate surface area is 348 Å². The number of aromatic hydroxyl groups is 1. The lowest BCUT2D eigenvalue weighted by atomic mass is 9.99. The average molecular weight is 853 g/mol. The standard InChI is InChI=1S/C38H64N10O12/c1-18(2)16-26(33(55)43-20(5)37(59)60)46-32(54)25(13-14-28(51)52)44-35(57)29(19(3)4)47-36(58)30(21(6)49)48-34(56)27(17-22-9-11-23(50)12-10-22)45-31(53)24(39)8-7-15-42-38(40)41/h9-12,18-21,24-27,29-30,33,43,49-50,55H,7-8,13-17,39H2,1-6H3,(H,44,57)(H,45,53)(H,46,54)(H,47,58)(H,48,56)(H,51,52)(H,59,60)(H4,40,41,42)/t20-,21?,24-,25-,26-,27-,29-,30-,33?/m1/s1. The molecule has 0 saturated heterocycles. The zero-order valence-electron chi connectivity index (χ0n) is 34.9. The van der Waals surface area contributed by atoms with Gasteiger partial charge in [-0.15, -0.1) is 0 Å². The molecular weight excluding hydrogens is 788 g/mol. The molecular formula is C38H64N10O12. The predicted octanol–water partition coefficient (Wildman–Crippen LogP) is -2.72. The number of amides is 5. The number of phenolic OH excluding ortho intramolecular Hbond substituents is 1. The summed E-state index contributed by atoms with van der Waals surface area (Å²) in [6, 6.07) is -3.54. The van der Waals surface area contributed by atoms with Crippen LogP contribution < -0.4 is 48.7 Å². The third-order valence-electron chi connectivity index (χ3n) is 9.17. The summed E-state index contributed by atoms with van der Waals surface area (Å²) in [6.07, 6.45) is -3.53. The normalized spacial score (nSPS) is 15.8. The number of benzene rings is 1. The Morgan fingerprint density at radius 3 is 1.80 bits per heavy atom. The summed E-state index contributed by atoms with van der Waals surface area (Å²) in [4.78, 5) is 90.7. The molecule has 0 saturated carbocycles. The number of rotatable bonds is 27. The van der Waals surface area contributed by atoms with Crippen LogP contribution in [0.15, 0.2) is 24.3 Å². The fraction of sp³-hybridized carbons (Fsp3) is 0.632. The number of aliphatic hydroxyl groups excluding tert-OH is 2. The summed E-state index contributed by atoms with van der Waals surface area (Å²) >= 11 is 0. The molecule has 60 heavy (non-hydrogen) atoms. The zero-order chi connectivity index (χ0) is 45.9. The first kappa shape index (κ1) is 52.4. The topological polar surface area (TPSA) is 381 Å². The second-order valence-electron chi connectivity index (χ2n) is 15.4. The molecule has 0 aliphatic rings. The zero-order valence-corrected chi connectivity index (χ0v) is 34.9. The quantitative estimate of drug-likeness (QED) is 0.0185. The predicted molar refractivity (Wildman–Crippen MR) is 218 cm³/mol. The lowest BCUT2D eigenvalue weighted by Crippen LogP contribution is -2.62. The molecule has 1 aromatic rings. The molecule has 1 aromatic carbocycles. The molecule has 0 radical (unpaired) electrons. The minimum atomic E-state index is -1.69. The summed E-state index contributed by atoms with van der Waals surface area (Å²) in [5.74, 6) is -8.12. The van der Waals surface area contributed by atoms with Gasteiger partial charge in [0, 0.05) is 19.4 Å². The van der Waals surface area contributed by atoms with Gasteiger partial charge in [0.1, 0.15) is 42.2 Å². The summed E-state index contributed by atoms with van der Waals surface area (Å²) < 4.78 is 0. The molecule has 0 heterocycles. The maximum atomic E-state index is 13.7. The van der Waals surface area contributed by atoms with Crippen LogP contribution in [0.5, 0.6) is 5.75 Å². The number of nitrogens with one attached hydrogen (secondary N) is 8. The number of carbonyl (C=O) groups excluding carboxylic acids is 5. The van der Waals surface area contributed by atoms with Gasteiger partial charge in [0.15, 0.2) is 5.96 Å². The average Bonchev–Trinajstić information content (AvgIpc) is 3.15. The highest BCUT2D eigenvalue weighted by molar-refractivity contribution is 5.96. The largest absolute Gasteiger partial charge is 0.508 e. The Bertz CT molecular complexity index is 1610. The van der Waals surface area contributed by atoms with Gasteiger partial charge in [0.25, 0.3) is 0 Å². The van der Waals surface area contributed by atoms with E-state index in [1.807, 2.05) is 0 Å². The lowest BCUT2D eigenvalue weighted by Gasteiger charge is -2.31. The summed E-state index contributed by atoms with van der Waals surface area (Å²) in [5.41, 5.74) is 11.8. The highest BCUT2D eigenvalue weighted by Gasteiger charge is 2.36. The number of nitrogens with two attached hydrogens (primary N) is 2. The minimum absolute atomic E-state index is 0.0533. The molecule has 0 aliphatic carbocycles. The number of carbonyl (C=O) groups is 7. The Morgan fingerprint density at radius 2 is 1.28 bits per heavy atom. The number of guanidine groups is 1. The van der Waals surface area contributed by atoms with Gasteiger partial charge in [-0.05, 0) is 69.1 Å². The van der Waals surface area contributed by atoms with Crippen molar-refractivity contribution >= 4 is 47.4 Å². The van der Waals surface area contributed by atoms with Crippen molar-refractivity contribution in [2.24, 2.45) is 23.3 Å². The van der Waals surface area contributed by atoms with Gasteiger partial charge >= 0.3 is 11.9 Å². The molecule has 0 aromatic heterocycles. The van der Waals surface area contributed by atoms with Crippen molar-refractivity contribution in [1.82, 2.24) is 37.2 Å². The Balaban J connectivity index is 3.30. The van der Waals surface area contributed by atoms with Crippen LogP contribution in [0, 0.1) is 17.2 Å². The fourth-order valence-corrected chi connectivity index (χ4v) is 5.77. The summed E-state index contributed by atoms with van der Waals surface area (Å²) in [5, 5.41) is 74.6. The van der Waals surface area contributed by atoms with Gasteiger partial charge in [-0.1, -0.05) is 39.8 Å². The van der Waals surface area contributed by atoms with Crippen LogP contribution in [-0.4, -0.2) is 134 Å². The van der Waals surface area contributed by atoms with Gasteiger partial charge in [0.05, 0.1) is 18.2 Å². The van der Waals surface area contributed by atoms with E-state index in [-0.39, 0.29) is 43.4 Å². The Kier molecular flexibility index (Phi) is 22.6. The second-order valence-corrected chi connectivity index (χ2v) is 15.4. The molecule has 0 fully saturated rings. The maximum absolute atomic E-state index is 13.7. The molecule has 0 spiro atoms. The smallest absolute Gasteiger partial charge is 0.320 e. The fourth-order valence-electron chi connectivity index (χ4n) is 5.77. The second kappa shape index (κ2) is 25.8. The number of hydrogen-bond donors (Lipinski definition) is 15. The minimum Gasteiger partial charge on any atom is -0.508 e. The molecule has 2 unspecified atom stereocenters. The van der Waals surface area contributed by atoms with E-state index in [2.05, 4.69) is 37.2 Å².